The fourth-order valence-corrected chi connectivity index (χ4v) is 5.02. The highest BCUT2D eigenvalue weighted by molar-refractivity contribution is 7.22. The van der Waals surface area contributed by atoms with Crippen molar-refractivity contribution in [2.75, 3.05) is 44.3 Å². The first-order valence-electron chi connectivity index (χ1n) is 11.6. The van der Waals surface area contributed by atoms with Crippen LogP contribution in [0.4, 0.5) is 5.13 Å². The number of aromatic nitrogens is 1. The number of ether oxygens (including phenoxy) is 2. The molecule has 35 heavy (non-hydrogen) atoms. The molecule has 0 spiro atoms. The summed E-state index contributed by atoms with van der Waals surface area (Å²) in [5.74, 6) is 1.13. The average Bonchev–Trinajstić information content (AvgIpc) is 3.32. The minimum absolute atomic E-state index is 0. The predicted octanol–water partition coefficient (Wildman–Crippen LogP) is 5.88. The van der Waals surface area contributed by atoms with E-state index in [0.717, 1.165) is 49.5 Å². The first kappa shape index (κ1) is 25.1. The average molecular weight is 510 g/mol. The highest BCUT2D eigenvalue weighted by Crippen LogP contribution is 2.32. The van der Waals surface area contributed by atoms with Gasteiger partial charge >= 0.3 is 0 Å². The quantitative estimate of drug-likeness (QED) is 0.297. The second-order valence-corrected chi connectivity index (χ2v) is 9.15. The van der Waals surface area contributed by atoms with E-state index in [0.29, 0.717) is 28.7 Å². The SMILES string of the molecule is Cl.O=C(c1ccccc1Oc1ccccc1)N(CCCN1CCOCC1)c1nc2ccccc2s1. The molecule has 0 saturated carbocycles. The summed E-state index contributed by atoms with van der Waals surface area (Å²) >= 11 is 1.54. The Labute approximate surface area is 215 Å². The smallest absolute Gasteiger partial charge is 0.263 e. The van der Waals surface area contributed by atoms with Crippen molar-refractivity contribution in [3.8, 4) is 11.5 Å². The molecule has 6 nitrogen and oxygen atoms in total. The van der Waals surface area contributed by atoms with Crippen LogP contribution in [0.3, 0.4) is 0 Å². The molecule has 1 aliphatic heterocycles. The van der Waals surface area contributed by atoms with Gasteiger partial charge in [0.1, 0.15) is 11.5 Å². The number of fused-ring (bicyclic) bond motifs is 1. The summed E-state index contributed by atoms with van der Waals surface area (Å²) in [7, 11) is 0. The van der Waals surface area contributed by atoms with Gasteiger partial charge in [0.15, 0.2) is 5.13 Å². The minimum Gasteiger partial charge on any atom is -0.457 e. The van der Waals surface area contributed by atoms with Gasteiger partial charge in [0.05, 0.1) is 29.0 Å². The van der Waals surface area contributed by atoms with Crippen LogP contribution in [0.2, 0.25) is 0 Å². The molecule has 1 aliphatic rings. The van der Waals surface area contributed by atoms with Crippen molar-refractivity contribution < 1.29 is 14.3 Å². The normalized spacial score (nSPS) is 13.8. The standard InChI is InChI=1S/C27H27N3O3S.ClH/c31-26(22-11-4-6-13-24(22)33-21-9-2-1-3-10-21)30(16-8-15-29-17-19-32-20-18-29)27-28-23-12-5-7-14-25(23)34-27;/h1-7,9-14H,8,15-20H2;1H. The number of hydrogen-bond acceptors (Lipinski definition) is 6. The number of amides is 1. The molecule has 8 heteroatoms. The number of rotatable bonds is 8. The second kappa shape index (κ2) is 12.1. The minimum atomic E-state index is -0.104. The Kier molecular flexibility index (Phi) is 8.71. The van der Waals surface area contributed by atoms with Crippen molar-refractivity contribution in [2.45, 2.75) is 6.42 Å². The number of para-hydroxylation sites is 3. The molecule has 0 bridgehead atoms. The summed E-state index contributed by atoms with van der Waals surface area (Å²) in [4.78, 5) is 22.9. The van der Waals surface area contributed by atoms with Gasteiger partial charge < -0.3 is 9.47 Å². The van der Waals surface area contributed by atoms with E-state index in [1.807, 2.05) is 78.9 Å². The number of anilines is 1. The Bertz CT molecular complexity index is 1210. The van der Waals surface area contributed by atoms with Crippen molar-refractivity contribution in [3.63, 3.8) is 0 Å². The number of carbonyl (C=O) groups excluding carboxylic acids is 1. The fraction of sp³-hybridized carbons (Fsp3) is 0.259. The van der Waals surface area contributed by atoms with Gasteiger partial charge in [-0.05, 0) is 42.8 Å². The van der Waals surface area contributed by atoms with E-state index in [2.05, 4.69) is 4.90 Å². The van der Waals surface area contributed by atoms with Crippen molar-refractivity contribution in [1.29, 1.82) is 0 Å². The van der Waals surface area contributed by atoms with Crippen LogP contribution < -0.4 is 9.64 Å². The highest BCUT2D eigenvalue weighted by atomic mass is 35.5. The Balaban J connectivity index is 0.00000289. The maximum Gasteiger partial charge on any atom is 0.263 e. The zero-order chi connectivity index (χ0) is 23.2. The number of nitrogens with zero attached hydrogens (tertiary/aromatic N) is 3. The molecule has 0 N–H and O–H groups in total. The number of carbonyl (C=O) groups is 1. The van der Waals surface area contributed by atoms with Gasteiger partial charge in [-0.2, -0.15) is 0 Å². The van der Waals surface area contributed by atoms with Gasteiger partial charge in [0, 0.05) is 26.2 Å². The molecule has 1 amide bonds. The van der Waals surface area contributed by atoms with Crippen LogP contribution in [0.1, 0.15) is 16.8 Å². The van der Waals surface area contributed by atoms with Crippen LogP contribution in [0, 0.1) is 0 Å². The van der Waals surface area contributed by atoms with Gasteiger partial charge in [-0.25, -0.2) is 4.98 Å². The Morgan fingerprint density at radius 1 is 0.971 bits per heavy atom. The molecule has 0 unspecified atom stereocenters. The van der Waals surface area contributed by atoms with Crippen LogP contribution in [-0.2, 0) is 4.74 Å². The Hall–Kier alpha value is -2.97. The van der Waals surface area contributed by atoms with Crippen LogP contribution in [0.25, 0.3) is 10.2 Å². The van der Waals surface area contributed by atoms with Gasteiger partial charge in [0.2, 0.25) is 0 Å². The lowest BCUT2D eigenvalue weighted by Crippen LogP contribution is -2.39. The van der Waals surface area contributed by atoms with Gasteiger partial charge in [0.25, 0.3) is 5.91 Å². The lowest BCUT2D eigenvalue weighted by atomic mass is 10.1. The maximum absolute atomic E-state index is 13.9. The van der Waals surface area contributed by atoms with E-state index in [-0.39, 0.29) is 18.3 Å². The number of thiazole rings is 1. The third-order valence-electron chi connectivity index (χ3n) is 5.81. The number of halogens is 1. The highest BCUT2D eigenvalue weighted by Gasteiger charge is 2.24. The predicted molar refractivity (Wildman–Crippen MR) is 143 cm³/mol. The molecule has 0 aliphatic carbocycles. The molecule has 4 aromatic rings. The van der Waals surface area contributed by atoms with Crippen LogP contribution in [0.15, 0.2) is 78.9 Å². The summed E-state index contributed by atoms with van der Waals surface area (Å²) in [6.45, 7) is 4.90. The van der Waals surface area contributed by atoms with E-state index in [4.69, 9.17) is 14.5 Å². The number of morpholine rings is 1. The molecule has 1 aromatic heterocycles. The lowest BCUT2D eigenvalue weighted by Gasteiger charge is -2.28. The number of benzene rings is 3. The topological polar surface area (TPSA) is 54.9 Å². The van der Waals surface area contributed by atoms with Crippen LogP contribution in [-0.4, -0.2) is 55.2 Å². The van der Waals surface area contributed by atoms with Crippen molar-refractivity contribution in [3.05, 3.63) is 84.4 Å². The van der Waals surface area contributed by atoms with Gasteiger partial charge in [-0.1, -0.05) is 53.8 Å². The van der Waals surface area contributed by atoms with Crippen LogP contribution >= 0.6 is 23.7 Å². The van der Waals surface area contributed by atoms with Gasteiger partial charge in [-0.3, -0.25) is 14.6 Å². The third-order valence-corrected chi connectivity index (χ3v) is 6.87. The summed E-state index contributed by atoms with van der Waals surface area (Å²) in [6, 6.07) is 24.9. The zero-order valence-corrected chi connectivity index (χ0v) is 21.0. The summed E-state index contributed by atoms with van der Waals surface area (Å²) in [5.41, 5.74) is 1.43. The molecule has 1 saturated heterocycles. The molecule has 0 radical (unpaired) electrons. The van der Waals surface area contributed by atoms with E-state index in [1.54, 1.807) is 16.2 Å². The zero-order valence-electron chi connectivity index (χ0n) is 19.3. The molecule has 2 heterocycles. The third kappa shape index (κ3) is 6.18. The van der Waals surface area contributed by atoms with E-state index in [9.17, 15) is 4.79 Å². The molecule has 0 atom stereocenters. The Morgan fingerprint density at radius 2 is 1.69 bits per heavy atom. The Morgan fingerprint density at radius 3 is 2.49 bits per heavy atom. The van der Waals surface area contributed by atoms with Crippen molar-refractivity contribution >= 4 is 45.0 Å². The molecular formula is C27H28ClN3O3S. The first-order valence-corrected chi connectivity index (χ1v) is 12.4. The van der Waals surface area contributed by atoms with Gasteiger partial charge in [-0.15, -0.1) is 12.4 Å². The maximum atomic E-state index is 13.9. The number of hydrogen-bond donors (Lipinski definition) is 0. The van der Waals surface area contributed by atoms with E-state index < -0.39 is 0 Å². The summed E-state index contributed by atoms with van der Waals surface area (Å²) < 4.78 is 12.6. The molecule has 1 fully saturated rings. The molecular weight excluding hydrogens is 482 g/mol. The van der Waals surface area contributed by atoms with Crippen molar-refractivity contribution in [2.24, 2.45) is 0 Å². The fourth-order valence-electron chi connectivity index (χ4n) is 4.03. The van der Waals surface area contributed by atoms with E-state index in [1.165, 1.54) is 0 Å². The molecule has 182 valence electrons. The van der Waals surface area contributed by atoms with Crippen LogP contribution in [0.5, 0.6) is 11.5 Å². The largest absolute Gasteiger partial charge is 0.457 e. The molecule has 5 rings (SSSR count). The lowest BCUT2D eigenvalue weighted by molar-refractivity contribution is 0.0376. The first-order chi connectivity index (χ1) is 16.8. The molecule has 3 aromatic carbocycles. The van der Waals surface area contributed by atoms with Crippen molar-refractivity contribution in [1.82, 2.24) is 9.88 Å². The summed E-state index contributed by atoms with van der Waals surface area (Å²) in [6.07, 6.45) is 0.851. The summed E-state index contributed by atoms with van der Waals surface area (Å²) in [5, 5.41) is 0.711. The second-order valence-electron chi connectivity index (χ2n) is 8.14. The monoisotopic (exact) mass is 509 g/mol. The van der Waals surface area contributed by atoms with E-state index >= 15 is 0 Å².